The van der Waals surface area contributed by atoms with Gasteiger partial charge in [-0.1, -0.05) is 30.3 Å². The lowest BCUT2D eigenvalue weighted by molar-refractivity contribution is -0.114. The van der Waals surface area contributed by atoms with Crippen LogP contribution in [-0.2, 0) is 9.53 Å². The molecule has 0 spiro atoms. The van der Waals surface area contributed by atoms with Gasteiger partial charge in [0.2, 0.25) is 5.90 Å². The molecule has 1 aliphatic rings. The largest absolute Gasteiger partial charge is 0.476 e. The van der Waals surface area contributed by atoms with Crippen molar-refractivity contribution < 1.29 is 9.53 Å². The van der Waals surface area contributed by atoms with Crippen LogP contribution in [0.1, 0.15) is 26.3 Å². The number of hydrazone groups is 1. The second-order valence-electron chi connectivity index (χ2n) is 6.11. The molecule has 5 heteroatoms. The molecule has 140 valence electrons. The Labute approximate surface area is 160 Å². The smallest absolute Gasteiger partial charge is 0.284 e. The molecule has 0 bridgehead atoms. The molecule has 0 saturated heterocycles. The molecule has 3 rings (SSSR count). The van der Waals surface area contributed by atoms with Crippen molar-refractivity contribution in [2.75, 3.05) is 29.6 Å². The van der Waals surface area contributed by atoms with Crippen LogP contribution in [-0.4, -0.2) is 31.5 Å². The van der Waals surface area contributed by atoms with E-state index in [4.69, 9.17) is 4.74 Å². The number of rotatable bonds is 6. The van der Waals surface area contributed by atoms with E-state index in [-0.39, 0.29) is 5.91 Å². The Balaban J connectivity index is 1.90. The highest BCUT2D eigenvalue weighted by Gasteiger charge is 2.32. The summed E-state index contributed by atoms with van der Waals surface area (Å²) < 4.78 is 5.62. The van der Waals surface area contributed by atoms with Gasteiger partial charge in [0.1, 0.15) is 5.57 Å². The molecular weight excluding hydrogens is 338 g/mol. The van der Waals surface area contributed by atoms with Gasteiger partial charge in [0.25, 0.3) is 5.91 Å². The first-order valence-electron chi connectivity index (χ1n) is 9.35. The van der Waals surface area contributed by atoms with Gasteiger partial charge in [-0.15, -0.1) is 5.10 Å². The molecule has 27 heavy (non-hydrogen) atoms. The Morgan fingerprint density at radius 2 is 1.67 bits per heavy atom. The summed E-state index contributed by atoms with van der Waals surface area (Å²) in [5.74, 6) is 0.177. The molecule has 1 amide bonds. The third kappa shape index (κ3) is 4.03. The zero-order chi connectivity index (χ0) is 19.2. The number of hydrogen-bond acceptors (Lipinski definition) is 4. The minimum Gasteiger partial charge on any atom is -0.476 e. The average Bonchev–Trinajstić information content (AvgIpc) is 3.01. The summed E-state index contributed by atoms with van der Waals surface area (Å²) >= 11 is 0. The van der Waals surface area contributed by atoms with E-state index in [0.29, 0.717) is 18.1 Å². The molecule has 2 aromatic carbocycles. The molecule has 0 aliphatic carbocycles. The van der Waals surface area contributed by atoms with E-state index in [1.807, 2.05) is 55.5 Å². The third-order valence-electron chi connectivity index (χ3n) is 4.46. The van der Waals surface area contributed by atoms with Crippen LogP contribution in [0.2, 0.25) is 0 Å². The maximum absolute atomic E-state index is 12.9. The molecule has 0 fully saturated rings. The highest BCUT2D eigenvalue weighted by molar-refractivity contribution is 6.30. The first kappa shape index (κ1) is 18.7. The fraction of sp³-hybridized carbons (Fsp3) is 0.273. The van der Waals surface area contributed by atoms with Crippen LogP contribution in [0, 0.1) is 0 Å². The zero-order valence-electron chi connectivity index (χ0n) is 16.1. The fourth-order valence-electron chi connectivity index (χ4n) is 3.04. The molecular formula is C22H25N3O2. The lowest BCUT2D eigenvalue weighted by atomic mass is 10.1. The minimum atomic E-state index is -0.183. The van der Waals surface area contributed by atoms with Gasteiger partial charge < -0.3 is 9.64 Å². The number of amides is 1. The van der Waals surface area contributed by atoms with Crippen LogP contribution in [0.25, 0.3) is 6.08 Å². The molecule has 1 aliphatic heterocycles. The molecule has 0 saturated carbocycles. The summed E-state index contributed by atoms with van der Waals surface area (Å²) in [6.07, 6.45) is 1.84. The predicted octanol–water partition coefficient (Wildman–Crippen LogP) is 4.31. The van der Waals surface area contributed by atoms with Gasteiger partial charge in [0.15, 0.2) is 0 Å². The summed E-state index contributed by atoms with van der Waals surface area (Å²) in [5, 5.41) is 5.77. The van der Waals surface area contributed by atoms with Crippen molar-refractivity contribution in [2.24, 2.45) is 5.10 Å². The number of carbonyl (C=O) groups excluding carboxylic acids is 1. The number of para-hydroxylation sites is 1. The van der Waals surface area contributed by atoms with E-state index in [1.165, 1.54) is 10.7 Å². The lowest BCUT2D eigenvalue weighted by Crippen LogP contribution is -2.21. The van der Waals surface area contributed by atoms with E-state index in [0.717, 1.165) is 24.3 Å². The van der Waals surface area contributed by atoms with Crippen LogP contribution < -0.4 is 9.91 Å². The standard InChI is InChI=1S/C22H25N3O2/c1-4-24(5-2)18-14-12-17(13-15-18)16-20-21(27-6-3)23-25(22(20)26)19-10-8-7-9-11-19/h7-16H,4-6H2,1-3H3/b20-16+. The highest BCUT2D eigenvalue weighted by atomic mass is 16.5. The first-order chi connectivity index (χ1) is 13.2. The highest BCUT2D eigenvalue weighted by Crippen LogP contribution is 2.26. The fourth-order valence-corrected chi connectivity index (χ4v) is 3.04. The van der Waals surface area contributed by atoms with Gasteiger partial charge in [-0.05, 0) is 56.7 Å². The quantitative estimate of drug-likeness (QED) is 0.718. The van der Waals surface area contributed by atoms with Crippen LogP contribution in [0.15, 0.2) is 65.3 Å². The molecule has 1 heterocycles. The predicted molar refractivity (Wildman–Crippen MR) is 111 cm³/mol. The summed E-state index contributed by atoms with van der Waals surface area (Å²) in [6.45, 7) is 8.53. The average molecular weight is 363 g/mol. The van der Waals surface area contributed by atoms with Crippen molar-refractivity contribution in [2.45, 2.75) is 20.8 Å². The molecule has 5 nitrogen and oxygen atoms in total. The number of ether oxygens (including phenoxy) is 1. The van der Waals surface area contributed by atoms with Crippen LogP contribution in [0.4, 0.5) is 11.4 Å². The third-order valence-corrected chi connectivity index (χ3v) is 4.46. The van der Waals surface area contributed by atoms with Gasteiger partial charge in [-0.25, -0.2) is 0 Å². The van der Waals surface area contributed by atoms with Crippen molar-refractivity contribution >= 4 is 29.3 Å². The van der Waals surface area contributed by atoms with Gasteiger partial charge in [-0.2, -0.15) is 5.01 Å². The summed E-state index contributed by atoms with van der Waals surface area (Å²) in [6, 6.07) is 17.6. The number of nitrogens with zero attached hydrogens (tertiary/aromatic N) is 3. The Morgan fingerprint density at radius 3 is 2.26 bits per heavy atom. The van der Waals surface area contributed by atoms with Crippen LogP contribution in [0.3, 0.4) is 0 Å². The lowest BCUT2D eigenvalue weighted by Gasteiger charge is -2.20. The number of anilines is 2. The summed E-state index contributed by atoms with van der Waals surface area (Å²) in [4.78, 5) is 15.2. The van der Waals surface area contributed by atoms with Crippen LogP contribution in [0.5, 0.6) is 0 Å². The number of hydrogen-bond donors (Lipinski definition) is 0. The Kier molecular flexibility index (Phi) is 5.91. The summed E-state index contributed by atoms with van der Waals surface area (Å²) in [7, 11) is 0. The van der Waals surface area contributed by atoms with Crippen molar-refractivity contribution in [3.8, 4) is 0 Å². The van der Waals surface area contributed by atoms with E-state index in [2.05, 4.69) is 36.0 Å². The van der Waals surface area contributed by atoms with Crippen molar-refractivity contribution in [1.29, 1.82) is 0 Å². The van der Waals surface area contributed by atoms with Crippen molar-refractivity contribution in [3.05, 3.63) is 65.7 Å². The minimum absolute atomic E-state index is 0.183. The molecule has 0 atom stereocenters. The van der Waals surface area contributed by atoms with Crippen molar-refractivity contribution in [3.63, 3.8) is 0 Å². The number of benzene rings is 2. The number of carbonyl (C=O) groups is 1. The first-order valence-corrected chi connectivity index (χ1v) is 9.35. The Bertz CT molecular complexity index is 838. The van der Waals surface area contributed by atoms with Gasteiger partial charge >= 0.3 is 0 Å². The van der Waals surface area contributed by atoms with Gasteiger partial charge in [0.05, 0.1) is 12.3 Å². The topological polar surface area (TPSA) is 45.1 Å². The van der Waals surface area contributed by atoms with Crippen molar-refractivity contribution in [1.82, 2.24) is 0 Å². The Morgan fingerprint density at radius 1 is 1.00 bits per heavy atom. The van der Waals surface area contributed by atoms with Gasteiger partial charge in [0, 0.05) is 18.8 Å². The second-order valence-corrected chi connectivity index (χ2v) is 6.11. The van der Waals surface area contributed by atoms with Gasteiger partial charge in [-0.3, -0.25) is 4.79 Å². The maximum atomic E-state index is 12.9. The van der Waals surface area contributed by atoms with E-state index in [9.17, 15) is 4.79 Å². The maximum Gasteiger partial charge on any atom is 0.284 e. The molecule has 0 radical (unpaired) electrons. The monoisotopic (exact) mass is 363 g/mol. The SMILES string of the molecule is CCOC1=NN(c2ccccc2)C(=O)/C1=C/c1ccc(N(CC)CC)cc1. The molecule has 0 aromatic heterocycles. The zero-order valence-corrected chi connectivity index (χ0v) is 16.1. The Hall–Kier alpha value is -3.08. The van der Waals surface area contributed by atoms with E-state index in [1.54, 1.807) is 0 Å². The van der Waals surface area contributed by atoms with Crippen LogP contribution >= 0.6 is 0 Å². The summed E-state index contributed by atoms with van der Waals surface area (Å²) in [5.41, 5.74) is 3.30. The molecule has 0 N–H and O–H groups in total. The molecule has 0 unspecified atom stereocenters. The second kappa shape index (κ2) is 8.54. The van der Waals surface area contributed by atoms with E-state index < -0.39 is 0 Å². The molecule has 2 aromatic rings. The van der Waals surface area contributed by atoms with E-state index >= 15 is 0 Å². The normalized spacial score (nSPS) is 15.2.